The molecule has 1 aliphatic rings. The van der Waals surface area contributed by atoms with Crippen LogP contribution in [0.2, 0.25) is 0 Å². The molecule has 1 aromatic carbocycles. The van der Waals surface area contributed by atoms with Crippen molar-refractivity contribution >= 4 is 0 Å². The Morgan fingerprint density at radius 2 is 2.20 bits per heavy atom. The zero-order chi connectivity index (χ0) is 13.9. The summed E-state index contributed by atoms with van der Waals surface area (Å²) in [7, 11) is 1.97. The van der Waals surface area contributed by atoms with E-state index in [4.69, 9.17) is 4.74 Å². The molecule has 0 saturated carbocycles. The first kappa shape index (κ1) is 13.3. The van der Waals surface area contributed by atoms with Gasteiger partial charge in [-0.15, -0.1) is 5.10 Å². The van der Waals surface area contributed by atoms with Gasteiger partial charge in [0.2, 0.25) is 0 Å². The van der Waals surface area contributed by atoms with Crippen LogP contribution in [-0.2, 0) is 24.5 Å². The predicted octanol–water partition coefficient (Wildman–Crippen LogP) is 2.03. The van der Waals surface area contributed by atoms with E-state index in [1.54, 1.807) is 0 Å². The van der Waals surface area contributed by atoms with Gasteiger partial charge in [-0.05, 0) is 30.2 Å². The number of fused-ring (bicyclic) bond motifs is 1. The van der Waals surface area contributed by atoms with Gasteiger partial charge in [-0.2, -0.15) is 0 Å². The number of aryl methyl sites for hydroxylation is 1. The summed E-state index contributed by atoms with van der Waals surface area (Å²) in [6.07, 6.45) is 2.89. The summed E-state index contributed by atoms with van der Waals surface area (Å²) in [5.74, 6) is 0. The summed E-state index contributed by atoms with van der Waals surface area (Å²) in [6.45, 7) is 4.48. The molecule has 5 nitrogen and oxygen atoms in total. The molecular weight excluding hydrogens is 252 g/mol. The average molecular weight is 272 g/mol. The van der Waals surface area contributed by atoms with Crippen molar-refractivity contribution in [3.8, 4) is 0 Å². The molecule has 5 heteroatoms. The monoisotopic (exact) mass is 272 g/mol. The number of hydrogen-bond donors (Lipinski definition) is 1. The summed E-state index contributed by atoms with van der Waals surface area (Å²) < 4.78 is 7.46. The molecule has 0 aliphatic carbocycles. The Balaban J connectivity index is 1.95. The van der Waals surface area contributed by atoms with E-state index in [0.717, 1.165) is 25.3 Å². The van der Waals surface area contributed by atoms with Gasteiger partial charge in [-0.25, -0.2) is 4.68 Å². The average Bonchev–Trinajstić information content (AvgIpc) is 3.09. The zero-order valence-corrected chi connectivity index (χ0v) is 12.0. The van der Waals surface area contributed by atoms with E-state index >= 15 is 0 Å². The van der Waals surface area contributed by atoms with E-state index in [1.807, 2.05) is 17.9 Å². The van der Waals surface area contributed by atoms with Crippen LogP contribution in [0.15, 0.2) is 24.4 Å². The minimum absolute atomic E-state index is 0.113. The lowest BCUT2D eigenvalue weighted by molar-refractivity contribution is 0.134. The Morgan fingerprint density at radius 3 is 3.00 bits per heavy atom. The molecule has 2 heterocycles. The zero-order valence-electron chi connectivity index (χ0n) is 12.0. The van der Waals surface area contributed by atoms with E-state index in [9.17, 15) is 0 Å². The van der Waals surface area contributed by atoms with Gasteiger partial charge in [0, 0.05) is 6.54 Å². The molecule has 0 radical (unpaired) electrons. The van der Waals surface area contributed by atoms with Crippen LogP contribution in [-0.4, -0.2) is 22.0 Å². The van der Waals surface area contributed by atoms with Crippen LogP contribution in [0.1, 0.15) is 41.8 Å². The molecule has 1 aromatic heterocycles. The minimum Gasteiger partial charge on any atom is -0.372 e. The first-order valence-corrected chi connectivity index (χ1v) is 7.08. The van der Waals surface area contributed by atoms with Crippen molar-refractivity contribution < 1.29 is 4.74 Å². The number of nitrogens with zero attached hydrogens (tertiary/aromatic N) is 3. The molecule has 1 atom stereocenters. The third-order valence-electron chi connectivity index (χ3n) is 3.75. The second-order valence-electron chi connectivity index (χ2n) is 5.12. The number of ether oxygens (including phenoxy) is 1. The molecule has 1 N–H and O–H groups in total. The van der Waals surface area contributed by atoms with Crippen molar-refractivity contribution in [2.45, 2.75) is 39.1 Å². The van der Waals surface area contributed by atoms with E-state index in [1.165, 1.54) is 16.7 Å². The first-order chi connectivity index (χ1) is 9.83. The van der Waals surface area contributed by atoms with Gasteiger partial charge in [-0.1, -0.05) is 30.3 Å². The summed E-state index contributed by atoms with van der Waals surface area (Å²) in [6, 6.07) is 6.67. The summed E-state index contributed by atoms with van der Waals surface area (Å²) in [4.78, 5) is 0. The molecule has 3 rings (SSSR count). The van der Waals surface area contributed by atoms with Crippen molar-refractivity contribution in [3.05, 3.63) is 46.8 Å². The molecule has 0 spiro atoms. The van der Waals surface area contributed by atoms with Crippen LogP contribution in [0.5, 0.6) is 0 Å². The Bertz CT molecular complexity index is 593. The third kappa shape index (κ3) is 2.34. The highest BCUT2D eigenvalue weighted by molar-refractivity contribution is 5.37. The number of rotatable bonds is 5. The maximum absolute atomic E-state index is 5.49. The minimum atomic E-state index is 0.113. The lowest BCUT2D eigenvalue weighted by Gasteiger charge is -2.18. The van der Waals surface area contributed by atoms with Crippen LogP contribution in [0, 0.1) is 0 Å². The highest BCUT2D eigenvalue weighted by Gasteiger charge is 2.20. The second-order valence-corrected chi connectivity index (χ2v) is 5.12. The van der Waals surface area contributed by atoms with Gasteiger partial charge in [0.05, 0.1) is 31.1 Å². The summed E-state index contributed by atoms with van der Waals surface area (Å²) >= 11 is 0. The van der Waals surface area contributed by atoms with E-state index in [-0.39, 0.29) is 6.04 Å². The number of benzene rings is 1. The molecule has 0 bridgehead atoms. The van der Waals surface area contributed by atoms with Crippen LogP contribution in [0.4, 0.5) is 0 Å². The number of aromatic nitrogens is 3. The Hall–Kier alpha value is -1.72. The van der Waals surface area contributed by atoms with Crippen LogP contribution >= 0.6 is 0 Å². The van der Waals surface area contributed by atoms with Gasteiger partial charge < -0.3 is 10.1 Å². The Labute approximate surface area is 118 Å². The highest BCUT2D eigenvalue weighted by atomic mass is 16.5. The maximum atomic E-state index is 5.49. The maximum Gasteiger partial charge on any atom is 0.0801 e. The van der Waals surface area contributed by atoms with Gasteiger partial charge in [0.25, 0.3) is 0 Å². The second kappa shape index (κ2) is 5.73. The highest BCUT2D eigenvalue weighted by Crippen LogP contribution is 2.27. The van der Waals surface area contributed by atoms with Crippen molar-refractivity contribution in [2.24, 2.45) is 0 Å². The molecule has 2 aromatic rings. The fourth-order valence-electron chi connectivity index (χ4n) is 2.73. The van der Waals surface area contributed by atoms with Crippen molar-refractivity contribution in [2.75, 3.05) is 7.05 Å². The molecule has 1 unspecified atom stereocenters. The summed E-state index contributed by atoms with van der Waals surface area (Å²) in [5, 5.41) is 11.6. The normalized spacial score (nSPS) is 15.3. The van der Waals surface area contributed by atoms with Crippen LogP contribution in [0.25, 0.3) is 0 Å². The number of nitrogens with one attached hydrogen (secondary N) is 1. The van der Waals surface area contributed by atoms with Gasteiger partial charge in [-0.3, -0.25) is 0 Å². The first-order valence-electron chi connectivity index (χ1n) is 7.08. The van der Waals surface area contributed by atoms with Crippen LogP contribution in [0.3, 0.4) is 0 Å². The van der Waals surface area contributed by atoms with Crippen molar-refractivity contribution in [1.29, 1.82) is 0 Å². The Kier molecular flexibility index (Phi) is 3.80. The number of hydrogen-bond acceptors (Lipinski definition) is 4. The van der Waals surface area contributed by atoms with Crippen LogP contribution < -0.4 is 5.32 Å². The smallest absolute Gasteiger partial charge is 0.0801 e. The molecule has 0 amide bonds. The van der Waals surface area contributed by atoms with Gasteiger partial charge in [0.1, 0.15) is 0 Å². The predicted molar refractivity (Wildman–Crippen MR) is 76.2 cm³/mol. The van der Waals surface area contributed by atoms with Crippen molar-refractivity contribution in [1.82, 2.24) is 20.3 Å². The molecule has 0 saturated heterocycles. The SMILES string of the molecule is CCCn1nncc1C(NC)c1ccc2c(c1)COC2. The Morgan fingerprint density at radius 1 is 1.35 bits per heavy atom. The van der Waals surface area contributed by atoms with E-state index in [0.29, 0.717) is 6.61 Å². The molecule has 0 fully saturated rings. The summed E-state index contributed by atoms with van der Waals surface area (Å²) in [5.41, 5.74) is 4.92. The molecule has 106 valence electrons. The fourth-order valence-corrected chi connectivity index (χ4v) is 2.73. The van der Waals surface area contributed by atoms with Gasteiger partial charge >= 0.3 is 0 Å². The molecular formula is C15H20N4O. The van der Waals surface area contributed by atoms with E-state index < -0.39 is 0 Å². The molecule has 1 aliphatic heterocycles. The fraction of sp³-hybridized carbons (Fsp3) is 0.467. The van der Waals surface area contributed by atoms with E-state index in [2.05, 4.69) is 40.8 Å². The third-order valence-corrected chi connectivity index (χ3v) is 3.75. The quantitative estimate of drug-likeness (QED) is 0.905. The molecule has 20 heavy (non-hydrogen) atoms. The topological polar surface area (TPSA) is 52.0 Å². The largest absolute Gasteiger partial charge is 0.372 e. The van der Waals surface area contributed by atoms with Gasteiger partial charge in [0.15, 0.2) is 0 Å². The lowest BCUT2D eigenvalue weighted by atomic mass is 9.99. The standard InChI is InChI=1S/C15H20N4O/c1-3-6-19-14(8-17-18-19)15(16-2)11-4-5-12-9-20-10-13(12)7-11/h4-5,7-8,15-16H,3,6,9-10H2,1-2H3. The van der Waals surface area contributed by atoms with Crippen molar-refractivity contribution in [3.63, 3.8) is 0 Å². The lowest BCUT2D eigenvalue weighted by Crippen LogP contribution is -2.21.